The standard InChI is InChI=1S/C21H18O4/c1-24-20(13-21(22)23)18-9-5-6-16-11-10-15(12-19(16)18)14-25-17-7-3-2-4-8-17/h2-13H,14H2,1H3,(H,22,23)/p-1/b20-13+. The van der Waals surface area contributed by atoms with Gasteiger partial charge < -0.3 is 19.4 Å². The number of carboxylic acids is 1. The summed E-state index contributed by atoms with van der Waals surface area (Å²) in [5.74, 6) is -0.241. The molecule has 0 N–H and O–H groups in total. The first kappa shape index (κ1) is 16.6. The number of fused-ring (bicyclic) bond motifs is 1. The molecule has 0 spiro atoms. The van der Waals surface area contributed by atoms with Gasteiger partial charge in [0.2, 0.25) is 0 Å². The van der Waals surface area contributed by atoms with Gasteiger partial charge >= 0.3 is 0 Å². The Balaban J connectivity index is 1.95. The van der Waals surface area contributed by atoms with E-state index in [1.807, 2.05) is 66.7 Å². The molecule has 0 aliphatic heterocycles. The fraction of sp³-hybridized carbons (Fsp3) is 0.0952. The Bertz CT molecular complexity index is 914. The summed E-state index contributed by atoms with van der Waals surface area (Å²) < 4.78 is 11.0. The maximum atomic E-state index is 10.9. The second-order valence-corrected chi connectivity index (χ2v) is 5.49. The zero-order valence-corrected chi connectivity index (χ0v) is 13.8. The van der Waals surface area contributed by atoms with E-state index < -0.39 is 5.97 Å². The van der Waals surface area contributed by atoms with Crippen molar-refractivity contribution < 1.29 is 19.4 Å². The molecule has 3 rings (SSSR count). The van der Waals surface area contributed by atoms with Gasteiger partial charge in [0.25, 0.3) is 0 Å². The van der Waals surface area contributed by atoms with Crippen LogP contribution in [0.5, 0.6) is 5.75 Å². The number of carboxylic acid groups (broad SMARTS) is 1. The molecule has 0 heterocycles. The number of benzene rings is 3. The molecule has 0 aromatic heterocycles. The number of hydrogen-bond acceptors (Lipinski definition) is 4. The quantitative estimate of drug-likeness (QED) is 0.513. The van der Waals surface area contributed by atoms with Crippen LogP contribution in [0.4, 0.5) is 0 Å². The Labute approximate surface area is 145 Å². The molecule has 0 saturated heterocycles. The molecular weight excluding hydrogens is 316 g/mol. The maximum absolute atomic E-state index is 10.9. The fourth-order valence-electron chi connectivity index (χ4n) is 2.66. The van der Waals surface area contributed by atoms with E-state index in [1.165, 1.54) is 7.11 Å². The predicted molar refractivity (Wildman–Crippen MR) is 94.7 cm³/mol. The Hall–Kier alpha value is -3.27. The van der Waals surface area contributed by atoms with Crippen LogP contribution in [0, 0.1) is 0 Å². The van der Waals surface area contributed by atoms with Gasteiger partial charge in [0.1, 0.15) is 18.1 Å². The van der Waals surface area contributed by atoms with E-state index in [0.717, 1.165) is 28.2 Å². The van der Waals surface area contributed by atoms with Crippen molar-refractivity contribution >= 4 is 22.5 Å². The topological polar surface area (TPSA) is 58.6 Å². The van der Waals surface area contributed by atoms with Gasteiger partial charge in [0.15, 0.2) is 0 Å². The third kappa shape index (κ3) is 3.98. The summed E-state index contributed by atoms with van der Waals surface area (Å²) in [4.78, 5) is 10.9. The van der Waals surface area contributed by atoms with Crippen LogP contribution in [-0.4, -0.2) is 13.1 Å². The highest BCUT2D eigenvalue weighted by atomic mass is 16.5. The number of para-hydroxylation sites is 1. The van der Waals surface area contributed by atoms with Crippen molar-refractivity contribution in [1.29, 1.82) is 0 Å². The predicted octanol–water partition coefficient (Wildman–Crippen LogP) is 3.16. The molecule has 126 valence electrons. The number of carbonyl (C=O) groups is 1. The van der Waals surface area contributed by atoms with Crippen LogP contribution in [0.1, 0.15) is 11.1 Å². The van der Waals surface area contributed by atoms with Crippen LogP contribution in [-0.2, 0) is 16.1 Å². The third-order valence-corrected chi connectivity index (χ3v) is 3.83. The Morgan fingerprint density at radius 2 is 1.84 bits per heavy atom. The summed E-state index contributed by atoms with van der Waals surface area (Å²) in [6.45, 7) is 0.417. The lowest BCUT2D eigenvalue weighted by molar-refractivity contribution is -0.297. The molecule has 0 aliphatic carbocycles. The second-order valence-electron chi connectivity index (χ2n) is 5.49. The molecule has 4 nitrogen and oxygen atoms in total. The lowest BCUT2D eigenvalue weighted by atomic mass is 10.0. The molecule has 3 aromatic rings. The zero-order chi connectivity index (χ0) is 17.6. The summed E-state index contributed by atoms with van der Waals surface area (Å²) in [7, 11) is 1.44. The van der Waals surface area contributed by atoms with E-state index in [1.54, 1.807) is 0 Å². The molecule has 0 bridgehead atoms. The summed E-state index contributed by atoms with van der Waals surface area (Å²) in [6.07, 6.45) is 0.960. The van der Waals surface area contributed by atoms with Crippen LogP contribution in [0.3, 0.4) is 0 Å². The average Bonchev–Trinajstić information content (AvgIpc) is 2.64. The summed E-state index contributed by atoms with van der Waals surface area (Å²) in [5.41, 5.74) is 1.68. The van der Waals surface area contributed by atoms with Gasteiger partial charge in [0, 0.05) is 11.6 Å². The van der Waals surface area contributed by atoms with Gasteiger partial charge in [-0.25, -0.2) is 0 Å². The van der Waals surface area contributed by atoms with Crippen LogP contribution in [0.15, 0.2) is 72.8 Å². The minimum atomic E-state index is -1.29. The minimum Gasteiger partial charge on any atom is -0.545 e. The van der Waals surface area contributed by atoms with Gasteiger partial charge in [-0.1, -0.05) is 48.5 Å². The van der Waals surface area contributed by atoms with Crippen LogP contribution in [0.25, 0.3) is 16.5 Å². The van der Waals surface area contributed by atoms with Crippen molar-refractivity contribution in [2.75, 3.05) is 7.11 Å². The molecule has 0 radical (unpaired) electrons. The molecule has 0 atom stereocenters. The third-order valence-electron chi connectivity index (χ3n) is 3.83. The van der Waals surface area contributed by atoms with E-state index in [0.29, 0.717) is 12.2 Å². The number of rotatable bonds is 6. The van der Waals surface area contributed by atoms with Gasteiger partial charge in [-0.2, -0.15) is 0 Å². The lowest BCUT2D eigenvalue weighted by Gasteiger charge is -2.12. The summed E-state index contributed by atoms with van der Waals surface area (Å²) >= 11 is 0. The molecular formula is C21H17O4-. The zero-order valence-electron chi connectivity index (χ0n) is 13.8. The fourth-order valence-corrected chi connectivity index (χ4v) is 2.66. The van der Waals surface area contributed by atoms with Crippen molar-refractivity contribution in [3.63, 3.8) is 0 Å². The molecule has 25 heavy (non-hydrogen) atoms. The van der Waals surface area contributed by atoms with Crippen molar-refractivity contribution in [3.8, 4) is 5.75 Å². The number of hydrogen-bond donors (Lipinski definition) is 0. The van der Waals surface area contributed by atoms with Gasteiger partial charge in [-0.3, -0.25) is 0 Å². The molecule has 4 heteroatoms. The first-order valence-electron chi connectivity index (χ1n) is 7.84. The van der Waals surface area contributed by atoms with Gasteiger partial charge in [-0.05, 0) is 34.5 Å². The normalized spacial score (nSPS) is 11.3. The molecule has 0 amide bonds. The Morgan fingerprint density at radius 1 is 1.04 bits per heavy atom. The number of carbonyl (C=O) groups excluding carboxylic acids is 1. The van der Waals surface area contributed by atoms with Gasteiger partial charge in [-0.15, -0.1) is 0 Å². The maximum Gasteiger partial charge on any atom is 0.128 e. The van der Waals surface area contributed by atoms with Crippen molar-refractivity contribution in [2.45, 2.75) is 6.61 Å². The van der Waals surface area contributed by atoms with E-state index >= 15 is 0 Å². The Kier molecular flexibility index (Phi) is 5.00. The highest BCUT2D eigenvalue weighted by Gasteiger charge is 2.08. The summed E-state index contributed by atoms with van der Waals surface area (Å²) in [5, 5.41) is 12.8. The minimum absolute atomic E-state index is 0.256. The highest BCUT2D eigenvalue weighted by Crippen LogP contribution is 2.27. The van der Waals surface area contributed by atoms with E-state index in [4.69, 9.17) is 9.47 Å². The van der Waals surface area contributed by atoms with E-state index in [-0.39, 0.29) is 5.76 Å². The van der Waals surface area contributed by atoms with E-state index in [9.17, 15) is 9.90 Å². The highest BCUT2D eigenvalue weighted by molar-refractivity contribution is 5.97. The largest absolute Gasteiger partial charge is 0.545 e. The van der Waals surface area contributed by atoms with Crippen molar-refractivity contribution in [2.24, 2.45) is 0 Å². The SMILES string of the molecule is CO/C(=C/C(=O)[O-])c1cccc2ccc(COc3ccccc3)cc12. The molecule has 0 aliphatic rings. The molecule has 0 unspecified atom stereocenters. The van der Waals surface area contributed by atoms with Crippen LogP contribution < -0.4 is 9.84 Å². The number of ether oxygens (including phenoxy) is 2. The average molecular weight is 333 g/mol. The molecule has 3 aromatic carbocycles. The Morgan fingerprint density at radius 3 is 2.56 bits per heavy atom. The monoisotopic (exact) mass is 333 g/mol. The first-order chi connectivity index (χ1) is 12.2. The number of methoxy groups -OCH3 is 1. The molecule has 0 fully saturated rings. The lowest BCUT2D eigenvalue weighted by Crippen LogP contribution is -2.19. The van der Waals surface area contributed by atoms with E-state index in [2.05, 4.69) is 0 Å². The first-order valence-corrected chi connectivity index (χ1v) is 7.84. The van der Waals surface area contributed by atoms with Crippen molar-refractivity contribution in [3.05, 3.63) is 83.9 Å². The second kappa shape index (κ2) is 7.53. The number of aliphatic carboxylic acids is 1. The van der Waals surface area contributed by atoms with Crippen LogP contribution >= 0.6 is 0 Å². The van der Waals surface area contributed by atoms with Crippen molar-refractivity contribution in [1.82, 2.24) is 0 Å². The van der Waals surface area contributed by atoms with Crippen LogP contribution in [0.2, 0.25) is 0 Å². The van der Waals surface area contributed by atoms with Gasteiger partial charge in [0.05, 0.1) is 13.1 Å². The molecule has 0 saturated carbocycles. The summed E-state index contributed by atoms with van der Waals surface area (Å²) in [6, 6.07) is 21.2. The smallest absolute Gasteiger partial charge is 0.128 e.